The van der Waals surface area contributed by atoms with E-state index in [9.17, 15) is 23.5 Å². The summed E-state index contributed by atoms with van der Waals surface area (Å²) >= 11 is 0. The molecule has 1 aliphatic rings. The van der Waals surface area contributed by atoms with E-state index in [1.807, 2.05) is 0 Å². The van der Waals surface area contributed by atoms with Gasteiger partial charge in [-0.15, -0.1) is 5.92 Å². The number of carboxylic acids is 1. The molecular formula is C20H26N2O7S. The molecule has 1 saturated carbocycles. The quantitative estimate of drug-likeness (QED) is 0.177. The summed E-state index contributed by atoms with van der Waals surface area (Å²) in [7, 11) is -4.11. The minimum atomic E-state index is -4.11. The lowest BCUT2D eigenvalue weighted by Crippen LogP contribution is -2.44. The second-order valence-electron chi connectivity index (χ2n) is 6.77. The Morgan fingerprint density at radius 1 is 1.27 bits per heavy atom. The molecule has 1 fully saturated rings. The summed E-state index contributed by atoms with van der Waals surface area (Å²) in [5.74, 6) is 4.23. The molecule has 164 valence electrons. The van der Waals surface area contributed by atoms with Crippen LogP contribution in [-0.4, -0.2) is 49.4 Å². The minimum absolute atomic E-state index is 0.0956. The molecule has 0 radical (unpaired) electrons. The molecule has 30 heavy (non-hydrogen) atoms. The Hall–Kier alpha value is -2.77. The van der Waals surface area contributed by atoms with Crippen LogP contribution in [0.3, 0.4) is 0 Å². The first-order valence-electron chi connectivity index (χ1n) is 9.61. The van der Waals surface area contributed by atoms with Gasteiger partial charge in [0, 0.05) is 0 Å². The lowest BCUT2D eigenvalue weighted by molar-refractivity contribution is -0.137. The number of carbonyl (C=O) groups is 1. The fourth-order valence-electron chi connectivity index (χ4n) is 3.05. The van der Waals surface area contributed by atoms with Gasteiger partial charge in [0.05, 0.1) is 11.3 Å². The summed E-state index contributed by atoms with van der Waals surface area (Å²) in [5.41, 5.74) is 0. The van der Waals surface area contributed by atoms with Crippen LogP contribution in [0.25, 0.3) is 0 Å². The van der Waals surface area contributed by atoms with Gasteiger partial charge in [-0.1, -0.05) is 17.5 Å². The second-order valence-corrected chi connectivity index (χ2v) is 8.49. The van der Waals surface area contributed by atoms with E-state index in [4.69, 9.17) is 9.47 Å². The van der Waals surface area contributed by atoms with E-state index >= 15 is 0 Å². The lowest BCUT2D eigenvalue weighted by atomic mass is 9.98. The fourth-order valence-corrected chi connectivity index (χ4v) is 4.23. The van der Waals surface area contributed by atoms with Crippen LogP contribution in [0.1, 0.15) is 45.4 Å². The lowest BCUT2D eigenvalue weighted by Gasteiger charge is -2.26. The predicted octanol–water partition coefficient (Wildman–Crippen LogP) is 2.35. The zero-order chi connectivity index (χ0) is 22.0. The highest BCUT2D eigenvalue weighted by Gasteiger charge is 2.30. The Balaban J connectivity index is 2.14. The van der Waals surface area contributed by atoms with E-state index < -0.39 is 28.5 Å². The third kappa shape index (κ3) is 7.24. The number of oxime groups is 1. The molecular weight excluding hydrogens is 412 g/mol. The van der Waals surface area contributed by atoms with Gasteiger partial charge in [0.15, 0.2) is 0 Å². The molecule has 0 aromatic heterocycles. The Bertz CT molecular complexity index is 895. The van der Waals surface area contributed by atoms with Crippen molar-refractivity contribution in [3.63, 3.8) is 0 Å². The van der Waals surface area contributed by atoms with E-state index in [1.165, 1.54) is 24.3 Å². The Labute approximate surface area is 176 Å². The molecule has 0 saturated heterocycles. The number of rotatable bonds is 9. The maximum absolute atomic E-state index is 12.7. The first-order chi connectivity index (χ1) is 14.4. The number of sulfonamides is 1. The maximum Gasteiger partial charge on any atom is 0.305 e. The molecule has 2 rings (SSSR count). The number of benzene rings is 1. The van der Waals surface area contributed by atoms with E-state index in [0.717, 1.165) is 32.1 Å². The molecule has 9 nitrogen and oxygen atoms in total. The minimum Gasteiger partial charge on any atom is -0.481 e. The van der Waals surface area contributed by atoms with Crippen LogP contribution in [0.5, 0.6) is 5.75 Å². The van der Waals surface area contributed by atoms with E-state index in [1.54, 1.807) is 6.92 Å². The number of nitrogens with one attached hydrogen (secondary N) is 1. The maximum atomic E-state index is 12.7. The molecule has 0 spiro atoms. The van der Waals surface area contributed by atoms with Crippen LogP contribution in [0.4, 0.5) is 0 Å². The first kappa shape index (κ1) is 23.5. The van der Waals surface area contributed by atoms with Gasteiger partial charge >= 0.3 is 5.97 Å². The van der Waals surface area contributed by atoms with Crippen molar-refractivity contribution in [3.8, 4) is 17.6 Å². The molecule has 3 N–H and O–H groups in total. The van der Waals surface area contributed by atoms with Gasteiger partial charge in [-0.05, 0) is 56.9 Å². The number of hydrogen-bond acceptors (Lipinski definition) is 7. The van der Waals surface area contributed by atoms with Crippen molar-refractivity contribution in [1.82, 2.24) is 4.72 Å². The number of ether oxygens (including phenoxy) is 2. The monoisotopic (exact) mass is 438 g/mol. The van der Waals surface area contributed by atoms with Crippen molar-refractivity contribution in [1.29, 1.82) is 0 Å². The largest absolute Gasteiger partial charge is 0.481 e. The Kier molecular flexibility index (Phi) is 8.95. The van der Waals surface area contributed by atoms with Gasteiger partial charge in [-0.2, -0.15) is 4.72 Å². The normalized spacial score (nSPS) is 16.2. The molecule has 0 bridgehead atoms. The summed E-state index contributed by atoms with van der Waals surface area (Å²) in [4.78, 5) is 11.2. The number of carboxylic acid groups (broad SMARTS) is 1. The second kappa shape index (κ2) is 11.4. The van der Waals surface area contributed by atoms with Crippen molar-refractivity contribution in [3.05, 3.63) is 24.3 Å². The summed E-state index contributed by atoms with van der Waals surface area (Å²) in [6.07, 6.45) is 3.54. The summed E-state index contributed by atoms with van der Waals surface area (Å²) < 4.78 is 38.7. The van der Waals surface area contributed by atoms with Crippen molar-refractivity contribution >= 4 is 21.9 Å². The van der Waals surface area contributed by atoms with Crippen molar-refractivity contribution in [2.75, 3.05) is 6.61 Å². The van der Waals surface area contributed by atoms with Crippen LogP contribution < -0.4 is 9.46 Å². The molecule has 0 heterocycles. The molecule has 10 heteroatoms. The number of aliphatic carboxylic acids is 1. The SMILES string of the molecule is CC#CCOc1ccc(S(=O)(=O)NC(CC(=O)O)C(=NO)OC2CCCCC2)cc1. The van der Waals surface area contributed by atoms with Crippen molar-refractivity contribution < 1.29 is 33.0 Å². The van der Waals surface area contributed by atoms with Gasteiger partial charge in [-0.25, -0.2) is 8.42 Å². The molecule has 0 amide bonds. The average molecular weight is 439 g/mol. The Morgan fingerprint density at radius 2 is 1.93 bits per heavy atom. The molecule has 1 aromatic rings. The topological polar surface area (TPSA) is 135 Å². The highest BCUT2D eigenvalue weighted by atomic mass is 32.2. The molecule has 1 aliphatic carbocycles. The van der Waals surface area contributed by atoms with Gasteiger partial charge in [-0.3, -0.25) is 4.79 Å². The van der Waals surface area contributed by atoms with E-state index in [-0.39, 0.29) is 23.5 Å². The third-order valence-electron chi connectivity index (χ3n) is 4.53. The van der Waals surface area contributed by atoms with Crippen LogP contribution in [0, 0.1) is 11.8 Å². The summed E-state index contributed by atoms with van der Waals surface area (Å²) in [6, 6.07) is 4.24. The smallest absolute Gasteiger partial charge is 0.305 e. The van der Waals surface area contributed by atoms with Crippen molar-refractivity contribution in [2.24, 2.45) is 5.16 Å². The highest BCUT2D eigenvalue weighted by Crippen LogP contribution is 2.22. The summed E-state index contributed by atoms with van der Waals surface area (Å²) in [5, 5.41) is 21.6. The van der Waals surface area contributed by atoms with E-state index in [2.05, 4.69) is 21.7 Å². The molecule has 1 atom stereocenters. The fraction of sp³-hybridized carbons (Fsp3) is 0.500. The highest BCUT2D eigenvalue weighted by molar-refractivity contribution is 7.89. The Morgan fingerprint density at radius 3 is 2.50 bits per heavy atom. The first-order valence-corrected chi connectivity index (χ1v) is 11.1. The van der Waals surface area contributed by atoms with E-state index in [0.29, 0.717) is 5.75 Å². The predicted molar refractivity (Wildman–Crippen MR) is 109 cm³/mol. The third-order valence-corrected chi connectivity index (χ3v) is 6.02. The zero-order valence-electron chi connectivity index (χ0n) is 16.7. The van der Waals surface area contributed by atoms with Gasteiger partial charge in [0.1, 0.15) is 24.5 Å². The average Bonchev–Trinajstić information content (AvgIpc) is 2.72. The molecule has 1 aromatic carbocycles. The van der Waals surface area contributed by atoms with Crippen LogP contribution >= 0.6 is 0 Å². The van der Waals surface area contributed by atoms with Gasteiger partial charge in [0.2, 0.25) is 15.9 Å². The standard InChI is InChI=1S/C20H26N2O7S/c1-2-3-13-28-15-9-11-17(12-10-15)30(26,27)22-18(14-19(23)24)20(21-25)29-16-7-5-4-6-8-16/h9-12,16,18,22,25H,4-8,13-14H2,1H3,(H,23,24). The van der Waals surface area contributed by atoms with Crippen LogP contribution in [0.2, 0.25) is 0 Å². The summed E-state index contributed by atoms with van der Waals surface area (Å²) in [6.45, 7) is 1.86. The van der Waals surface area contributed by atoms with Crippen LogP contribution in [-0.2, 0) is 19.6 Å². The molecule has 1 unspecified atom stereocenters. The number of hydrogen-bond donors (Lipinski definition) is 3. The molecule has 0 aliphatic heterocycles. The van der Waals surface area contributed by atoms with Gasteiger partial charge < -0.3 is 19.8 Å². The number of nitrogens with zero attached hydrogens (tertiary/aromatic N) is 1. The zero-order valence-corrected chi connectivity index (χ0v) is 17.5. The van der Waals surface area contributed by atoms with Crippen molar-refractivity contribution in [2.45, 2.75) is 62.5 Å². The van der Waals surface area contributed by atoms with Gasteiger partial charge in [0.25, 0.3) is 0 Å². The van der Waals surface area contributed by atoms with Crippen LogP contribution in [0.15, 0.2) is 34.3 Å².